The summed E-state index contributed by atoms with van der Waals surface area (Å²) in [4.78, 5) is 89.1. The number of benzene rings is 2. The van der Waals surface area contributed by atoms with Gasteiger partial charge in [-0.05, 0) is 85.1 Å². The van der Waals surface area contributed by atoms with Gasteiger partial charge in [0.2, 0.25) is 5.91 Å². The third-order valence-corrected chi connectivity index (χ3v) is 10.5. The van der Waals surface area contributed by atoms with Gasteiger partial charge in [0.25, 0.3) is 11.8 Å². The highest BCUT2D eigenvalue weighted by atomic mass is 19.1. The third-order valence-electron chi connectivity index (χ3n) is 10.5. The largest absolute Gasteiger partial charge is 0.453 e. The topological polar surface area (TPSA) is 233 Å². The van der Waals surface area contributed by atoms with Crippen molar-refractivity contribution in [1.82, 2.24) is 38.7 Å². The number of pyridine rings is 2. The van der Waals surface area contributed by atoms with Crippen LogP contribution in [0.15, 0.2) is 116 Å². The number of ether oxygens (including phenoxy) is 2. The predicted molar refractivity (Wildman–Crippen MR) is 244 cm³/mol. The summed E-state index contributed by atoms with van der Waals surface area (Å²) in [5, 5.41) is 7.67. The van der Waals surface area contributed by atoms with E-state index in [-0.39, 0.29) is 34.9 Å². The molecule has 20 nitrogen and oxygen atoms in total. The molecule has 0 unspecified atom stereocenters. The van der Waals surface area contributed by atoms with Crippen LogP contribution in [-0.4, -0.2) is 96.4 Å². The highest BCUT2D eigenvalue weighted by Crippen LogP contribution is 2.30. The first-order valence-electron chi connectivity index (χ1n) is 20.4. The third kappa shape index (κ3) is 9.84. The van der Waals surface area contributed by atoms with Crippen LogP contribution >= 0.6 is 0 Å². The van der Waals surface area contributed by atoms with Crippen molar-refractivity contribution in [3.05, 3.63) is 139 Å². The summed E-state index contributed by atoms with van der Waals surface area (Å²) < 4.78 is 26.3. The van der Waals surface area contributed by atoms with Crippen molar-refractivity contribution in [2.45, 2.75) is 19.8 Å². The Morgan fingerprint density at radius 3 is 1.76 bits per heavy atom. The van der Waals surface area contributed by atoms with Crippen molar-refractivity contribution in [3.63, 3.8) is 0 Å². The van der Waals surface area contributed by atoms with Gasteiger partial charge in [-0.2, -0.15) is 0 Å². The van der Waals surface area contributed by atoms with Crippen molar-refractivity contribution in [2.75, 3.05) is 53.6 Å². The maximum atomic E-state index is 13.6. The molecule has 8 aromatic rings. The summed E-state index contributed by atoms with van der Waals surface area (Å²) in [5.41, 5.74) is 7.27. The summed E-state index contributed by atoms with van der Waals surface area (Å²) >= 11 is 0. The Bertz CT molecular complexity index is 3160. The number of aromatic nitrogens is 8. The minimum Gasteiger partial charge on any atom is -0.453 e. The molecule has 0 spiro atoms. The van der Waals surface area contributed by atoms with Crippen LogP contribution in [-0.2, 0) is 20.7 Å². The van der Waals surface area contributed by atoms with Crippen LogP contribution in [0, 0.1) is 5.82 Å². The number of hydrogen-bond acceptors (Lipinski definition) is 13. The van der Waals surface area contributed by atoms with Gasteiger partial charge in [-0.25, -0.2) is 43.9 Å². The monoisotopic (exact) mass is 905 g/mol. The average molecular weight is 906 g/mol. The van der Waals surface area contributed by atoms with Gasteiger partial charge in [0.05, 0.1) is 50.4 Å². The van der Waals surface area contributed by atoms with Crippen LogP contribution in [0.2, 0.25) is 0 Å². The highest BCUT2D eigenvalue weighted by molar-refractivity contribution is 6.06. The minimum absolute atomic E-state index is 0.171. The molecule has 7 heterocycles. The number of hydrogen-bond donors (Lipinski definition) is 3. The van der Waals surface area contributed by atoms with E-state index in [2.05, 4.69) is 55.3 Å². The molecule has 0 radical (unpaired) electrons. The SMILES string of the molecule is COC(=O)Nc1ccc(-c2cnc3cnc(C(=O)N(C)c4ccc(NC(C)=O)cc4)cn23)cn1.COC(=O)Nc1ccc(-c2cnc3cnc(C(=O)N4CCCc5cc(F)ccc54)cn23)cn1. The van der Waals surface area contributed by atoms with E-state index >= 15 is 0 Å². The number of carbonyl (C=O) groups is 5. The van der Waals surface area contributed by atoms with Gasteiger partial charge < -0.3 is 24.6 Å². The van der Waals surface area contributed by atoms with E-state index in [0.29, 0.717) is 57.9 Å². The van der Waals surface area contributed by atoms with Gasteiger partial charge >= 0.3 is 12.2 Å². The van der Waals surface area contributed by atoms with Crippen LogP contribution in [0.5, 0.6) is 0 Å². The van der Waals surface area contributed by atoms with Gasteiger partial charge in [-0.3, -0.25) is 33.8 Å². The maximum absolute atomic E-state index is 13.6. The number of halogens is 1. The molecule has 0 atom stereocenters. The van der Waals surface area contributed by atoms with Gasteiger partial charge in [0, 0.05) is 73.5 Å². The minimum atomic E-state index is -0.613. The molecular weight excluding hydrogens is 866 g/mol. The van der Waals surface area contributed by atoms with E-state index in [1.54, 1.807) is 113 Å². The number of anilines is 5. The molecule has 0 saturated carbocycles. The molecule has 9 rings (SSSR count). The van der Waals surface area contributed by atoms with E-state index in [9.17, 15) is 28.4 Å². The van der Waals surface area contributed by atoms with Gasteiger partial charge in [0.15, 0.2) is 11.3 Å². The maximum Gasteiger partial charge on any atom is 0.412 e. The molecule has 21 heteroatoms. The van der Waals surface area contributed by atoms with E-state index in [1.165, 1.54) is 50.6 Å². The molecular formula is C46H40FN13O7. The van der Waals surface area contributed by atoms with E-state index in [1.807, 2.05) is 0 Å². The first kappa shape index (κ1) is 44.5. The fourth-order valence-corrected chi connectivity index (χ4v) is 7.15. The molecule has 5 amide bonds. The fraction of sp³-hybridized carbons (Fsp3) is 0.152. The van der Waals surface area contributed by atoms with Crippen LogP contribution < -0.4 is 25.8 Å². The fourth-order valence-electron chi connectivity index (χ4n) is 7.15. The number of aryl methyl sites for hydroxylation is 1. The summed E-state index contributed by atoms with van der Waals surface area (Å²) in [5.74, 6) is -0.378. The molecule has 1 aliphatic heterocycles. The lowest BCUT2D eigenvalue weighted by molar-refractivity contribution is -0.114. The number of methoxy groups -OCH3 is 2. The van der Waals surface area contributed by atoms with E-state index < -0.39 is 12.2 Å². The molecule has 0 aliphatic carbocycles. The number of nitrogens with one attached hydrogen (secondary N) is 3. The number of rotatable bonds is 8. The summed E-state index contributed by atoms with van der Waals surface area (Å²) in [7, 11) is 4.19. The molecule has 338 valence electrons. The molecule has 0 saturated heterocycles. The van der Waals surface area contributed by atoms with Crippen LogP contribution in [0.3, 0.4) is 0 Å². The van der Waals surface area contributed by atoms with Crippen LogP contribution in [0.4, 0.5) is 42.7 Å². The lowest BCUT2D eigenvalue weighted by atomic mass is 10.0. The average Bonchev–Trinajstić information content (AvgIpc) is 3.98. The van der Waals surface area contributed by atoms with Crippen molar-refractivity contribution in [1.29, 1.82) is 0 Å². The second-order valence-corrected chi connectivity index (χ2v) is 14.8. The van der Waals surface area contributed by atoms with Crippen LogP contribution in [0.25, 0.3) is 33.8 Å². The summed E-state index contributed by atoms with van der Waals surface area (Å²) in [6, 6.07) is 18.2. The molecule has 0 fully saturated rings. The van der Waals surface area contributed by atoms with Crippen molar-refractivity contribution >= 4 is 69.9 Å². The lowest BCUT2D eigenvalue weighted by Gasteiger charge is -2.29. The Labute approximate surface area is 380 Å². The second-order valence-electron chi connectivity index (χ2n) is 14.8. The number of amides is 5. The second kappa shape index (κ2) is 19.3. The Balaban J connectivity index is 0.000000182. The Morgan fingerprint density at radius 2 is 1.22 bits per heavy atom. The number of carbonyl (C=O) groups excluding carboxylic acids is 5. The smallest absolute Gasteiger partial charge is 0.412 e. The molecule has 0 bridgehead atoms. The Hall–Kier alpha value is -9.14. The van der Waals surface area contributed by atoms with Gasteiger partial charge in [-0.15, -0.1) is 0 Å². The highest BCUT2D eigenvalue weighted by Gasteiger charge is 2.26. The quantitative estimate of drug-likeness (QED) is 0.141. The molecule has 6 aromatic heterocycles. The molecule has 67 heavy (non-hydrogen) atoms. The zero-order chi connectivity index (χ0) is 47.2. The first-order valence-corrected chi connectivity index (χ1v) is 20.4. The standard InChI is InChI=1S/C23H19FN6O3.C23H21N7O4/c1-33-23(32)28-20-7-4-15(10-26-20)19-11-27-21-12-25-17(13-30(19)21)22(31)29-8-2-3-14-9-16(24)5-6-18(14)29;1-14(31)27-16-5-7-17(8-6-16)29(2)22(32)18-13-30-19(11-26-21(30)12-24-18)15-4-9-20(25-10-15)28-23(33)34-3/h4-7,9-13H,2-3,8H2,1H3,(H,26,28,32);4-13H,1-3H3,(H,27,31)(H,25,28,33). The normalized spacial score (nSPS) is 11.7. The van der Waals surface area contributed by atoms with Gasteiger partial charge in [0.1, 0.15) is 28.8 Å². The van der Waals surface area contributed by atoms with E-state index in [0.717, 1.165) is 29.5 Å². The Morgan fingerprint density at radius 1 is 0.657 bits per heavy atom. The van der Waals surface area contributed by atoms with E-state index in [4.69, 9.17) is 0 Å². The summed E-state index contributed by atoms with van der Waals surface area (Å²) in [6.45, 7) is 1.96. The number of nitrogens with zero attached hydrogens (tertiary/aromatic N) is 10. The van der Waals surface area contributed by atoms with Crippen LogP contribution in [0.1, 0.15) is 39.9 Å². The first-order chi connectivity index (χ1) is 32.4. The predicted octanol–water partition coefficient (Wildman–Crippen LogP) is 6.91. The Kier molecular flexibility index (Phi) is 12.8. The zero-order valence-corrected chi connectivity index (χ0v) is 36.3. The molecule has 1 aliphatic rings. The zero-order valence-electron chi connectivity index (χ0n) is 36.3. The number of imidazole rings is 2. The number of fused-ring (bicyclic) bond motifs is 3. The summed E-state index contributed by atoms with van der Waals surface area (Å²) in [6.07, 6.45) is 13.0. The van der Waals surface area contributed by atoms with Gasteiger partial charge in [-0.1, -0.05) is 0 Å². The van der Waals surface area contributed by atoms with Crippen molar-refractivity contribution in [3.8, 4) is 22.5 Å². The van der Waals surface area contributed by atoms with Crippen molar-refractivity contribution in [2.24, 2.45) is 0 Å². The molecule has 3 N–H and O–H groups in total. The molecule has 2 aromatic carbocycles. The lowest BCUT2D eigenvalue weighted by Crippen LogP contribution is -2.36. The van der Waals surface area contributed by atoms with Crippen molar-refractivity contribution < 1.29 is 37.8 Å².